The number of phosphoric acid groups is 8. The van der Waals surface area contributed by atoms with E-state index in [1.807, 2.05) is 0 Å². The van der Waals surface area contributed by atoms with Gasteiger partial charge >= 0.3 is 62.6 Å². The van der Waals surface area contributed by atoms with Gasteiger partial charge in [-0.3, -0.25) is 72.2 Å². The fourth-order valence-corrected chi connectivity index (χ4v) is 8.64. The van der Waals surface area contributed by atoms with E-state index in [0.29, 0.717) is 6.42 Å². The molecule has 0 saturated carbocycles. The van der Waals surface area contributed by atoms with Gasteiger partial charge in [0.05, 0.1) is 106 Å². The van der Waals surface area contributed by atoms with Gasteiger partial charge in [0.15, 0.2) is 0 Å². The van der Waals surface area contributed by atoms with Gasteiger partial charge in [-0.05, 0) is 12.8 Å². The van der Waals surface area contributed by atoms with E-state index in [1.54, 1.807) is 13.8 Å². The molecule has 0 rings (SSSR count). The Morgan fingerprint density at radius 2 is 0.492 bits per heavy atom. The van der Waals surface area contributed by atoms with Crippen molar-refractivity contribution in [3.05, 3.63) is 0 Å². The van der Waals surface area contributed by atoms with Crippen molar-refractivity contribution in [1.82, 2.24) is 0 Å². The van der Waals surface area contributed by atoms with Crippen LogP contribution in [0.15, 0.2) is 0 Å². The Morgan fingerprint density at radius 1 is 0.317 bits per heavy atom. The van der Waals surface area contributed by atoms with E-state index in [4.69, 9.17) is 9.79 Å². The molecule has 0 aliphatic rings. The van der Waals surface area contributed by atoms with Crippen molar-refractivity contribution in [2.75, 3.05) is 106 Å². The molecule has 0 radical (unpaired) electrons. The Balaban J connectivity index is 4.24. The highest BCUT2D eigenvalue weighted by atomic mass is 31.2. The first-order valence-electron chi connectivity index (χ1n) is 17.5. The summed E-state index contributed by atoms with van der Waals surface area (Å²) in [6, 6.07) is 0. The van der Waals surface area contributed by atoms with Crippen LogP contribution in [0.25, 0.3) is 0 Å². The van der Waals surface area contributed by atoms with Crippen molar-refractivity contribution in [1.29, 1.82) is 0 Å². The molecule has 380 valence electrons. The van der Waals surface area contributed by atoms with Crippen molar-refractivity contribution in [2.45, 2.75) is 26.7 Å². The maximum absolute atomic E-state index is 12.7. The highest BCUT2D eigenvalue weighted by molar-refractivity contribution is 7.49. The van der Waals surface area contributed by atoms with Gasteiger partial charge in [-0.15, -0.1) is 0 Å². The molecule has 0 aromatic rings. The van der Waals surface area contributed by atoms with Gasteiger partial charge in [0.25, 0.3) is 0 Å². The predicted molar refractivity (Wildman–Crippen MR) is 204 cm³/mol. The minimum absolute atomic E-state index is 0.235. The molecule has 0 aliphatic carbocycles. The number of phosphoric ester groups is 8. The van der Waals surface area contributed by atoms with E-state index in [1.165, 1.54) is 0 Å². The number of halogens is 1. The van der Waals surface area contributed by atoms with Gasteiger partial charge in [0.1, 0.15) is 0 Å². The van der Waals surface area contributed by atoms with Crippen molar-refractivity contribution in [3.8, 4) is 0 Å². The van der Waals surface area contributed by atoms with Crippen LogP contribution in [-0.4, -0.2) is 150 Å². The zero-order chi connectivity index (χ0) is 48.5. The SMILES string of the molecule is CCC(CF)COP(=O)(O)OCCOP(=O)(O)OCCOP(=O)(O)OCCOP(=O)(O)OCCOP(=O)(O)OCCOP(=O)(O)OCCOP(=O)(O)OCC(CC)COP(=O)(O)O. The molecule has 41 heteroatoms. The number of hydrogen-bond acceptors (Lipinski definition) is 23. The van der Waals surface area contributed by atoms with Crippen LogP contribution in [0.4, 0.5) is 4.39 Å². The van der Waals surface area contributed by atoms with Gasteiger partial charge in [-0.25, -0.2) is 36.5 Å². The molecule has 0 saturated heterocycles. The summed E-state index contributed by atoms with van der Waals surface area (Å²) in [7, 11) is -38.6. The first kappa shape index (κ1) is 63.8. The number of rotatable bonds is 42. The monoisotopic (exact) mass is 1100 g/mol. The first-order chi connectivity index (χ1) is 28.9. The Morgan fingerprint density at radius 3 is 0.667 bits per heavy atom. The average molecular weight is 1100 g/mol. The average Bonchev–Trinajstić information content (AvgIpc) is 3.16. The summed E-state index contributed by atoms with van der Waals surface area (Å²) < 4.78 is 174. The van der Waals surface area contributed by atoms with Crippen LogP contribution in [0.1, 0.15) is 26.7 Å². The van der Waals surface area contributed by atoms with Gasteiger partial charge in [-0.2, -0.15) is 0 Å². The van der Waals surface area contributed by atoms with Crippen LogP contribution >= 0.6 is 62.6 Å². The third kappa shape index (κ3) is 37.4. The van der Waals surface area contributed by atoms with Crippen molar-refractivity contribution in [2.24, 2.45) is 11.8 Å². The molecule has 0 amide bonds. The maximum Gasteiger partial charge on any atom is 0.472 e. The Kier molecular flexibility index (Phi) is 31.5. The Labute approximate surface area is 359 Å². The van der Waals surface area contributed by atoms with Crippen LogP contribution in [0.3, 0.4) is 0 Å². The molecule has 0 aromatic carbocycles. The van der Waals surface area contributed by atoms with Crippen LogP contribution < -0.4 is 0 Å². The summed E-state index contributed by atoms with van der Waals surface area (Å²) in [6.07, 6.45) is 0.559. The zero-order valence-corrected chi connectivity index (χ0v) is 40.4. The molecule has 63 heavy (non-hydrogen) atoms. The smallest absolute Gasteiger partial charge is 0.303 e. The van der Waals surface area contributed by atoms with Gasteiger partial charge in [-0.1, -0.05) is 13.8 Å². The highest BCUT2D eigenvalue weighted by Crippen LogP contribution is 2.50. The quantitative estimate of drug-likeness (QED) is 0.0313. The normalized spacial score (nSPS) is 20.3. The minimum atomic E-state index is -4.92. The molecule has 0 heterocycles. The molecule has 9 atom stereocenters. The topological polar surface area (TPSA) is 457 Å². The molecule has 0 aliphatic heterocycles. The number of hydrogen-bond donors (Lipinski definition) is 9. The summed E-state index contributed by atoms with van der Waals surface area (Å²) in [5.41, 5.74) is 0. The molecule has 9 unspecified atom stereocenters. The molecule has 9 N–H and O–H groups in total. The van der Waals surface area contributed by atoms with Crippen LogP contribution in [0, 0.1) is 11.8 Å². The summed E-state index contributed by atoms with van der Waals surface area (Å²) in [4.78, 5) is 84.8. The second-order valence-electron chi connectivity index (χ2n) is 11.4. The van der Waals surface area contributed by atoms with Gasteiger partial charge in [0.2, 0.25) is 0 Å². The predicted octanol–water partition coefficient (Wildman–Crippen LogP) is 3.05. The van der Waals surface area contributed by atoms with E-state index >= 15 is 0 Å². The lowest BCUT2D eigenvalue weighted by molar-refractivity contribution is 0.0711. The van der Waals surface area contributed by atoms with E-state index in [0.717, 1.165) is 0 Å². The second-order valence-corrected chi connectivity index (χ2v) is 22.8. The van der Waals surface area contributed by atoms with E-state index in [9.17, 15) is 75.2 Å². The second kappa shape index (κ2) is 31.1. The lowest BCUT2D eigenvalue weighted by atomic mass is 10.1. The van der Waals surface area contributed by atoms with Crippen LogP contribution in [-0.2, 0) is 104 Å². The first-order valence-corrected chi connectivity index (χ1v) is 29.5. The third-order valence-electron chi connectivity index (χ3n) is 6.35. The maximum atomic E-state index is 12.7. The zero-order valence-electron chi connectivity index (χ0n) is 33.3. The molecule has 0 aromatic heterocycles. The fraction of sp³-hybridized carbons (Fsp3) is 1.00. The number of alkyl halides is 1. The molecule has 32 nitrogen and oxygen atoms in total. The summed E-state index contributed by atoms with van der Waals surface area (Å²) in [5.74, 6) is -1.35. The van der Waals surface area contributed by atoms with Gasteiger partial charge < -0.3 is 44.0 Å². The molecule has 0 spiro atoms. The van der Waals surface area contributed by atoms with Crippen molar-refractivity contribution in [3.63, 3.8) is 0 Å². The third-order valence-corrected chi connectivity index (χ3v) is 13.9. The molecular formula is C22H53FO32P8. The van der Waals surface area contributed by atoms with Gasteiger partial charge in [0, 0.05) is 11.8 Å². The van der Waals surface area contributed by atoms with E-state index in [2.05, 4.69) is 67.9 Å². The van der Waals surface area contributed by atoms with Crippen molar-refractivity contribution < 1.29 is 153 Å². The highest BCUT2D eigenvalue weighted by Gasteiger charge is 2.30. The molecule has 0 bridgehead atoms. The van der Waals surface area contributed by atoms with E-state index in [-0.39, 0.29) is 6.42 Å². The van der Waals surface area contributed by atoms with E-state index < -0.39 is 180 Å². The fourth-order valence-electron chi connectivity index (χ4n) is 3.25. The Hall–Kier alpha value is 0.810. The summed E-state index contributed by atoms with van der Waals surface area (Å²) in [6.45, 7) is -8.94. The standard InChI is InChI=1S/C22H53FO32P8/c1-3-21(17-23)18-54-62(37,38)51-15-13-49-60(33,34)47-11-9-45-58(29,30)43-7-5-41-57(27,28)42-6-8-44-59(31,32)46-10-12-48-61(35,36)50-14-16-52-63(39,40)55-20-22(4-2)19-53-56(24,25)26/h21-22H,3-20H2,1-2H3,(H,27,28)(H,29,30)(H,31,32)(H,33,34)(H,35,36)(H,37,38)(H,39,40)(H2,24,25,26). The Bertz CT molecular complexity index is 1680. The van der Waals surface area contributed by atoms with Crippen LogP contribution in [0.2, 0.25) is 0 Å². The minimum Gasteiger partial charge on any atom is -0.303 e. The summed E-state index contributed by atoms with van der Waals surface area (Å²) in [5, 5.41) is 0. The molecule has 0 fully saturated rings. The summed E-state index contributed by atoms with van der Waals surface area (Å²) >= 11 is 0. The van der Waals surface area contributed by atoms with Crippen LogP contribution in [0.5, 0.6) is 0 Å². The van der Waals surface area contributed by atoms with Crippen molar-refractivity contribution >= 4 is 62.6 Å². The largest absolute Gasteiger partial charge is 0.472 e. The molecular weight excluding hydrogens is 1040 g/mol. The lowest BCUT2D eigenvalue weighted by Crippen LogP contribution is -2.15. The lowest BCUT2D eigenvalue weighted by Gasteiger charge is -2.18.